The van der Waals surface area contributed by atoms with Gasteiger partial charge in [0.15, 0.2) is 5.25 Å². The largest absolute Gasteiger partial charge is 0.480 e. The minimum absolute atomic E-state index is 0.135. The first-order valence-electron chi connectivity index (χ1n) is 6.46. The second kappa shape index (κ2) is 5.88. The highest BCUT2D eigenvalue weighted by molar-refractivity contribution is 7.90. The van der Waals surface area contributed by atoms with Crippen molar-refractivity contribution in [1.82, 2.24) is 4.72 Å². The van der Waals surface area contributed by atoms with Gasteiger partial charge in [0.25, 0.3) is 0 Å². The van der Waals surface area contributed by atoms with E-state index in [2.05, 4.69) is 4.72 Å². The Labute approximate surface area is 113 Å². The number of nitrogens with zero attached hydrogens (tertiary/aromatic N) is 1. The number of aliphatic carboxylic acids is 1. The average molecular weight is 288 g/mol. The van der Waals surface area contributed by atoms with E-state index in [9.17, 15) is 18.3 Å². The predicted molar refractivity (Wildman–Crippen MR) is 69.7 cm³/mol. The van der Waals surface area contributed by atoms with Crippen molar-refractivity contribution < 1.29 is 18.3 Å². The molecule has 1 rings (SSSR count). The quantitative estimate of drug-likeness (QED) is 0.791. The lowest BCUT2D eigenvalue weighted by Crippen LogP contribution is -2.61. The first kappa shape index (κ1) is 15.9. The summed E-state index contributed by atoms with van der Waals surface area (Å²) < 4.78 is 26.5. The third-order valence-corrected chi connectivity index (χ3v) is 5.73. The molecule has 1 aliphatic carbocycles. The van der Waals surface area contributed by atoms with Crippen LogP contribution in [0.1, 0.15) is 46.0 Å². The summed E-state index contributed by atoms with van der Waals surface area (Å²) >= 11 is 0. The number of nitrogens with one attached hydrogen (secondary N) is 1. The molecule has 0 aromatic rings. The molecule has 0 saturated heterocycles. The summed E-state index contributed by atoms with van der Waals surface area (Å²) in [7, 11) is -3.95. The van der Waals surface area contributed by atoms with Crippen LogP contribution in [0.3, 0.4) is 0 Å². The Morgan fingerprint density at radius 3 is 2.63 bits per heavy atom. The fourth-order valence-electron chi connectivity index (χ4n) is 2.57. The van der Waals surface area contributed by atoms with Crippen LogP contribution in [0.4, 0.5) is 0 Å². The molecule has 1 fully saturated rings. The first-order valence-corrected chi connectivity index (χ1v) is 8.00. The maximum atomic E-state index is 12.1. The molecule has 0 heterocycles. The van der Waals surface area contributed by atoms with Gasteiger partial charge >= 0.3 is 5.97 Å². The van der Waals surface area contributed by atoms with E-state index >= 15 is 0 Å². The minimum Gasteiger partial charge on any atom is -0.480 e. The van der Waals surface area contributed by atoms with Gasteiger partial charge in [-0.3, -0.25) is 4.79 Å². The molecule has 2 N–H and O–H groups in total. The highest BCUT2D eigenvalue weighted by Gasteiger charge is 2.48. The van der Waals surface area contributed by atoms with Gasteiger partial charge in [-0.05, 0) is 25.2 Å². The smallest absolute Gasteiger partial charge is 0.325 e. The van der Waals surface area contributed by atoms with E-state index in [4.69, 9.17) is 5.26 Å². The zero-order valence-corrected chi connectivity index (χ0v) is 12.0. The van der Waals surface area contributed by atoms with Crippen molar-refractivity contribution in [2.45, 2.75) is 56.7 Å². The van der Waals surface area contributed by atoms with Crippen LogP contribution in [0.15, 0.2) is 0 Å². The predicted octanol–water partition coefficient (Wildman–Crippen LogP) is 1.24. The molecule has 108 valence electrons. The van der Waals surface area contributed by atoms with Crippen molar-refractivity contribution in [3.63, 3.8) is 0 Å². The van der Waals surface area contributed by atoms with Crippen molar-refractivity contribution in [3.05, 3.63) is 0 Å². The number of carboxylic acids is 1. The van der Waals surface area contributed by atoms with Crippen molar-refractivity contribution in [1.29, 1.82) is 5.26 Å². The lowest BCUT2D eigenvalue weighted by atomic mass is 9.74. The Balaban J connectivity index is 3.10. The number of rotatable bonds is 5. The van der Waals surface area contributed by atoms with Gasteiger partial charge in [-0.2, -0.15) is 9.98 Å². The molecule has 0 radical (unpaired) electrons. The number of hydrogen-bond acceptors (Lipinski definition) is 4. The van der Waals surface area contributed by atoms with Crippen LogP contribution in [0, 0.1) is 17.2 Å². The Morgan fingerprint density at radius 2 is 2.21 bits per heavy atom. The Hall–Kier alpha value is -1.13. The van der Waals surface area contributed by atoms with E-state index in [1.807, 2.05) is 0 Å². The van der Waals surface area contributed by atoms with Gasteiger partial charge in [0.1, 0.15) is 5.54 Å². The van der Waals surface area contributed by atoms with Gasteiger partial charge < -0.3 is 5.11 Å². The molecule has 3 atom stereocenters. The van der Waals surface area contributed by atoms with Crippen LogP contribution in [-0.4, -0.2) is 30.3 Å². The summed E-state index contributed by atoms with van der Waals surface area (Å²) in [6.07, 6.45) is 2.63. The lowest BCUT2D eigenvalue weighted by Gasteiger charge is -2.39. The number of hydrogen-bond donors (Lipinski definition) is 2. The molecule has 6 nitrogen and oxygen atoms in total. The maximum Gasteiger partial charge on any atom is 0.325 e. The number of carboxylic acid groups (broad SMARTS) is 1. The summed E-state index contributed by atoms with van der Waals surface area (Å²) in [5.41, 5.74) is -1.47. The lowest BCUT2D eigenvalue weighted by molar-refractivity contribution is -0.147. The molecule has 0 aromatic heterocycles. The van der Waals surface area contributed by atoms with Gasteiger partial charge in [-0.1, -0.05) is 26.7 Å². The second-order valence-corrected chi connectivity index (χ2v) is 6.96. The van der Waals surface area contributed by atoms with E-state index < -0.39 is 26.8 Å². The van der Waals surface area contributed by atoms with E-state index in [0.29, 0.717) is 12.8 Å². The molecule has 7 heteroatoms. The summed E-state index contributed by atoms with van der Waals surface area (Å²) in [5.74, 6) is -1.44. The SMILES string of the molecule is CCC(C#N)S(=O)(=O)NC1(C(=O)O)CCCCC1C. The summed E-state index contributed by atoms with van der Waals surface area (Å²) in [4.78, 5) is 11.6. The summed E-state index contributed by atoms with van der Waals surface area (Å²) in [6.45, 7) is 3.33. The zero-order chi connectivity index (χ0) is 14.7. The zero-order valence-electron chi connectivity index (χ0n) is 11.2. The normalized spacial score (nSPS) is 29.4. The van der Waals surface area contributed by atoms with Gasteiger partial charge in [-0.25, -0.2) is 8.42 Å². The molecular formula is C12H20N2O4S. The van der Waals surface area contributed by atoms with Crippen molar-refractivity contribution in [3.8, 4) is 6.07 Å². The number of carbonyl (C=O) groups is 1. The first-order chi connectivity index (χ1) is 8.80. The second-order valence-electron chi connectivity index (χ2n) is 5.10. The molecule has 19 heavy (non-hydrogen) atoms. The topological polar surface area (TPSA) is 107 Å². The van der Waals surface area contributed by atoms with Crippen LogP contribution in [0.25, 0.3) is 0 Å². The molecule has 0 aromatic carbocycles. The third-order valence-electron chi connectivity index (χ3n) is 3.89. The molecule has 3 unspecified atom stereocenters. The van der Waals surface area contributed by atoms with Crippen molar-refractivity contribution >= 4 is 16.0 Å². The molecule has 0 amide bonds. The van der Waals surface area contributed by atoms with E-state index in [1.165, 1.54) is 0 Å². The highest BCUT2D eigenvalue weighted by Crippen LogP contribution is 2.35. The summed E-state index contributed by atoms with van der Waals surface area (Å²) in [6, 6.07) is 1.71. The van der Waals surface area contributed by atoms with Gasteiger partial charge in [0.05, 0.1) is 6.07 Å². The molecule has 0 bridgehead atoms. The standard InChI is InChI=1S/C12H20N2O4S/c1-3-10(8-13)19(17,18)14-12(11(15)16)7-5-4-6-9(12)2/h9-10,14H,3-7H2,1-2H3,(H,15,16). The van der Waals surface area contributed by atoms with Crippen molar-refractivity contribution in [2.75, 3.05) is 0 Å². The Kier molecular flexibility index (Phi) is 4.93. The van der Waals surface area contributed by atoms with Crippen molar-refractivity contribution in [2.24, 2.45) is 5.92 Å². The number of sulfonamides is 1. The summed E-state index contributed by atoms with van der Waals surface area (Å²) in [5, 5.41) is 17.1. The monoisotopic (exact) mass is 288 g/mol. The highest BCUT2D eigenvalue weighted by atomic mass is 32.2. The Bertz CT molecular complexity index is 482. The molecule has 1 saturated carbocycles. The third kappa shape index (κ3) is 3.07. The average Bonchev–Trinajstić information content (AvgIpc) is 2.32. The molecule has 0 spiro atoms. The van der Waals surface area contributed by atoms with Gasteiger partial charge in [-0.15, -0.1) is 0 Å². The molecular weight excluding hydrogens is 268 g/mol. The van der Waals surface area contributed by atoms with Gasteiger partial charge in [0, 0.05) is 0 Å². The molecule has 1 aliphatic rings. The molecule has 0 aliphatic heterocycles. The van der Waals surface area contributed by atoms with E-state index in [-0.39, 0.29) is 18.8 Å². The van der Waals surface area contributed by atoms with E-state index in [1.54, 1.807) is 19.9 Å². The van der Waals surface area contributed by atoms with Crippen LogP contribution in [0.2, 0.25) is 0 Å². The van der Waals surface area contributed by atoms with E-state index in [0.717, 1.165) is 6.42 Å². The van der Waals surface area contributed by atoms with Crippen LogP contribution in [-0.2, 0) is 14.8 Å². The van der Waals surface area contributed by atoms with Crippen LogP contribution < -0.4 is 4.72 Å². The fourth-order valence-corrected chi connectivity index (χ4v) is 4.18. The fraction of sp³-hybridized carbons (Fsp3) is 0.833. The maximum absolute atomic E-state index is 12.1. The minimum atomic E-state index is -3.95. The van der Waals surface area contributed by atoms with Crippen LogP contribution in [0.5, 0.6) is 0 Å². The van der Waals surface area contributed by atoms with Crippen LogP contribution >= 0.6 is 0 Å². The number of nitriles is 1. The van der Waals surface area contributed by atoms with Gasteiger partial charge in [0.2, 0.25) is 10.0 Å². The Morgan fingerprint density at radius 1 is 1.58 bits per heavy atom.